The third-order valence-corrected chi connectivity index (χ3v) is 2.15. The highest BCUT2D eigenvalue weighted by atomic mass is 16.5. The Morgan fingerprint density at radius 1 is 1.40 bits per heavy atom. The van der Waals surface area contributed by atoms with Crippen LogP contribution in [0, 0.1) is 5.41 Å². The number of carbonyl (C=O) groups is 1. The fourth-order valence-corrected chi connectivity index (χ4v) is 1.19. The van der Waals surface area contributed by atoms with Gasteiger partial charge in [-0.2, -0.15) is 0 Å². The molecule has 0 aromatic heterocycles. The van der Waals surface area contributed by atoms with Crippen molar-refractivity contribution >= 4 is 5.97 Å². The van der Waals surface area contributed by atoms with Crippen molar-refractivity contribution in [2.45, 2.75) is 40.5 Å². The van der Waals surface area contributed by atoms with E-state index in [0.717, 1.165) is 12.8 Å². The van der Waals surface area contributed by atoms with Crippen LogP contribution in [-0.4, -0.2) is 12.6 Å². The maximum Gasteiger partial charge on any atom is 0.330 e. The molecule has 86 valence electrons. The van der Waals surface area contributed by atoms with Gasteiger partial charge in [-0.3, -0.25) is 0 Å². The number of ether oxygens (including phenoxy) is 1. The van der Waals surface area contributed by atoms with Crippen molar-refractivity contribution < 1.29 is 9.53 Å². The molecule has 0 heterocycles. The maximum atomic E-state index is 11.1. The van der Waals surface area contributed by atoms with E-state index in [1.54, 1.807) is 0 Å². The van der Waals surface area contributed by atoms with Crippen molar-refractivity contribution in [2.24, 2.45) is 5.41 Å². The smallest absolute Gasteiger partial charge is 0.330 e. The van der Waals surface area contributed by atoms with Crippen molar-refractivity contribution in [3.8, 4) is 0 Å². The molecular formula is C13H22O2. The molecule has 0 saturated heterocycles. The topological polar surface area (TPSA) is 26.3 Å². The van der Waals surface area contributed by atoms with Gasteiger partial charge in [0.15, 0.2) is 0 Å². The first-order valence-corrected chi connectivity index (χ1v) is 5.49. The van der Waals surface area contributed by atoms with Gasteiger partial charge in [-0.25, -0.2) is 4.79 Å². The zero-order valence-corrected chi connectivity index (χ0v) is 10.2. The standard InChI is InChI=1S/C13H22O2/c1-5-7-8-10-13(3,4)11-9-12(14)15-6-2/h5,7,9,11H,6,8,10H2,1-4H3/b7-5+,11-9+. The molecule has 0 aliphatic carbocycles. The van der Waals surface area contributed by atoms with E-state index in [2.05, 4.69) is 19.9 Å². The predicted molar refractivity (Wildman–Crippen MR) is 63.6 cm³/mol. The molecule has 0 aromatic carbocycles. The lowest BCUT2D eigenvalue weighted by molar-refractivity contribution is -0.137. The molecule has 0 aliphatic rings. The van der Waals surface area contributed by atoms with E-state index in [4.69, 9.17) is 4.74 Å². The minimum Gasteiger partial charge on any atom is -0.463 e. The largest absolute Gasteiger partial charge is 0.463 e. The number of esters is 1. The second kappa shape index (κ2) is 7.27. The van der Waals surface area contributed by atoms with Crippen molar-refractivity contribution in [3.63, 3.8) is 0 Å². The summed E-state index contributed by atoms with van der Waals surface area (Å²) in [4.78, 5) is 11.1. The third kappa shape index (κ3) is 7.98. The van der Waals surface area contributed by atoms with Crippen LogP contribution in [-0.2, 0) is 9.53 Å². The Labute approximate surface area is 93.0 Å². The minimum atomic E-state index is -0.253. The quantitative estimate of drug-likeness (QED) is 0.381. The SMILES string of the molecule is C/C=C/CCC(C)(C)/C=C/C(=O)OCC. The van der Waals surface area contributed by atoms with Crippen LogP contribution in [0.5, 0.6) is 0 Å². The van der Waals surface area contributed by atoms with Crippen LogP contribution in [0.15, 0.2) is 24.3 Å². The molecule has 0 bridgehead atoms. The fraction of sp³-hybridized carbons (Fsp3) is 0.615. The van der Waals surface area contributed by atoms with Gasteiger partial charge in [-0.1, -0.05) is 32.1 Å². The van der Waals surface area contributed by atoms with E-state index in [0.29, 0.717) is 6.61 Å². The lowest BCUT2D eigenvalue weighted by Crippen LogP contribution is -2.08. The van der Waals surface area contributed by atoms with Crippen LogP contribution in [0.1, 0.15) is 40.5 Å². The molecule has 0 N–H and O–H groups in total. The average Bonchev–Trinajstić information content (AvgIpc) is 2.16. The summed E-state index contributed by atoms with van der Waals surface area (Å²) >= 11 is 0. The highest BCUT2D eigenvalue weighted by Gasteiger charge is 2.12. The normalized spacial score (nSPS) is 12.5. The molecule has 0 amide bonds. The first kappa shape index (κ1) is 13.9. The van der Waals surface area contributed by atoms with Crippen molar-refractivity contribution in [1.82, 2.24) is 0 Å². The predicted octanol–water partition coefficient (Wildman–Crippen LogP) is 3.49. The molecule has 0 aliphatic heterocycles. The number of allylic oxidation sites excluding steroid dienone is 3. The molecule has 0 aromatic rings. The second-order valence-corrected chi connectivity index (χ2v) is 4.18. The number of carbonyl (C=O) groups excluding carboxylic acids is 1. The second-order valence-electron chi connectivity index (χ2n) is 4.18. The summed E-state index contributed by atoms with van der Waals surface area (Å²) in [6.07, 6.45) is 9.71. The molecule has 0 radical (unpaired) electrons. The van der Waals surface area contributed by atoms with Crippen molar-refractivity contribution in [1.29, 1.82) is 0 Å². The van der Waals surface area contributed by atoms with Gasteiger partial charge >= 0.3 is 5.97 Å². The lowest BCUT2D eigenvalue weighted by atomic mass is 9.87. The summed E-state index contributed by atoms with van der Waals surface area (Å²) in [7, 11) is 0. The Bertz CT molecular complexity index is 237. The molecule has 0 atom stereocenters. The summed E-state index contributed by atoms with van der Waals surface area (Å²) in [6.45, 7) is 8.49. The van der Waals surface area contributed by atoms with E-state index in [9.17, 15) is 4.79 Å². The van der Waals surface area contributed by atoms with Crippen molar-refractivity contribution in [3.05, 3.63) is 24.3 Å². The Hall–Kier alpha value is -1.05. The molecule has 0 unspecified atom stereocenters. The Kier molecular flexibility index (Phi) is 6.76. The van der Waals surface area contributed by atoms with Gasteiger partial charge in [0.25, 0.3) is 0 Å². The summed E-state index contributed by atoms with van der Waals surface area (Å²) < 4.78 is 4.82. The minimum absolute atomic E-state index is 0.0479. The van der Waals surface area contributed by atoms with Crippen molar-refractivity contribution in [2.75, 3.05) is 6.61 Å². The first-order valence-electron chi connectivity index (χ1n) is 5.49. The molecule has 15 heavy (non-hydrogen) atoms. The summed E-state index contributed by atoms with van der Waals surface area (Å²) in [5.41, 5.74) is 0.0479. The summed E-state index contributed by atoms with van der Waals surface area (Å²) in [6, 6.07) is 0. The molecule has 0 spiro atoms. The van der Waals surface area contributed by atoms with Crippen LogP contribution in [0.3, 0.4) is 0 Å². The van der Waals surface area contributed by atoms with Gasteiger partial charge < -0.3 is 4.74 Å². The highest BCUT2D eigenvalue weighted by Crippen LogP contribution is 2.24. The van der Waals surface area contributed by atoms with E-state index in [1.807, 2.05) is 26.0 Å². The van der Waals surface area contributed by atoms with Crippen LogP contribution in [0.2, 0.25) is 0 Å². The van der Waals surface area contributed by atoms with E-state index >= 15 is 0 Å². The van der Waals surface area contributed by atoms with Crippen LogP contribution < -0.4 is 0 Å². The van der Waals surface area contributed by atoms with E-state index in [-0.39, 0.29) is 11.4 Å². The fourth-order valence-electron chi connectivity index (χ4n) is 1.19. The van der Waals surface area contributed by atoms with E-state index < -0.39 is 0 Å². The van der Waals surface area contributed by atoms with Gasteiger partial charge in [0.2, 0.25) is 0 Å². The van der Waals surface area contributed by atoms with E-state index in [1.165, 1.54) is 6.08 Å². The molecular weight excluding hydrogens is 188 g/mol. The average molecular weight is 210 g/mol. The Balaban J connectivity index is 4.05. The van der Waals surface area contributed by atoms with Crippen LogP contribution >= 0.6 is 0 Å². The molecule has 0 saturated carbocycles. The third-order valence-electron chi connectivity index (χ3n) is 2.15. The van der Waals surface area contributed by atoms with Gasteiger partial charge in [0, 0.05) is 6.08 Å². The lowest BCUT2D eigenvalue weighted by Gasteiger charge is -2.18. The zero-order valence-electron chi connectivity index (χ0n) is 10.2. The molecule has 0 rings (SSSR count). The number of hydrogen-bond donors (Lipinski definition) is 0. The number of hydrogen-bond acceptors (Lipinski definition) is 2. The Morgan fingerprint density at radius 2 is 2.07 bits per heavy atom. The molecule has 0 fully saturated rings. The number of rotatable bonds is 6. The molecule has 2 nitrogen and oxygen atoms in total. The van der Waals surface area contributed by atoms with Gasteiger partial charge in [-0.15, -0.1) is 0 Å². The van der Waals surface area contributed by atoms with Gasteiger partial charge in [-0.05, 0) is 32.1 Å². The van der Waals surface area contributed by atoms with Gasteiger partial charge in [0.05, 0.1) is 6.61 Å². The Morgan fingerprint density at radius 3 is 2.60 bits per heavy atom. The monoisotopic (exact) mass is 210 g/mol. The van der Waals surface area contributed by atoms with Crippen LogP contribution in [0.4, 0.5) is 0 Å². The highest BCUT2D eigenvalue weighted by molar-refractivity contribution is 5.81. The van der Waals surface area contributed by atoms with Crippen LogP contribution in [0.25, 0.3) is 0 Å². The molecule has 2 heteroatoms. The zero-order chi connectivity index (χ0) is 11.7. The summed E-state index contributed by atoms with van der Waals surface area (Å²) in [5.74, 6) is -0.253. The first-order chi connectivity index (χ1) is 7.02. The summed E-state index contributed by atoms with van der Waals surface area (Å²) in [5, 5.41) is 0. The maximum absolute atomic E-state index is 11.1. The van der Waals surface area contributed by atoms with Gasteiger partial charge in [0.1, 0.15) is 0 Å².